The van der Waals surface area contributed by atoms with Crippen molar-refractivity contribution in [3.05, 3.63) is 0 Å². The van der Waals surface area contributed by atoms with E-state index in [9.17, 15) is 19.2 Å². The Hall–Kier alpha value is -2.24. The number of carbonyl (C=O) groups excluding carboxylic acids is 4. The van der Waals surface area contributed by atoms with E-state index in [1.165, 1.54) is 0 Å². The molecule has 0 spiro atoms. The lowest BCUT2D eigenvalue weighted by Gasteiger charge is -2.17. The van der Waals surface area contributed by atoms with Crippen molar-refractivity contribution in [3.63, 3.8) is 0 Å². The maximum atomic E-state index is 12.1. The molecule has 168 valence electrons. The van der Waals surface area contributed by atoms with Gasteiger partial charge in [-0.25, -0.2) is 0 Å². The summed E-state index contributed by atoms with van der Waals surface area (Å²) < 4.78 is 0. The van der Waals surface area contributed by atoms with Gasteiger partial charge in [0.15, 0.2) is 0 Å². The second-order valence-corrected chi connectivity index (χ2v) is 7.01. The number of unbranched alkanes of at least 4 members (excludes halogenated alkanes) is 4. The molecule has 0 aliphatic rings. The van der Waals surface area contributed by atoms with Crippen LogP contribution in [0.1, 0.15) is 51.4 Å². The molecular formula is C18H39N7O4+2. The molecule has 0 fully saturated rings. The molecule has 4 amide bonds. The lowest BCUT2D eigenvalue weighted by molar-refractivity contribution is -0.368. The summed E-state index contributed by atoms with van der Waals surface area (Å²) in [6.07, 6.45) is 4.95. The van der Waals surface area contributed by atoms with Crippen molar-refractivity contribution in [1.82, 2.24) is 16.0 Å². The minimum absolute atomic E-state index is 0.260. The molecular weight excluding hydrogens is 378 g/mol. The largest absolute Gasteiger partial charge is 0.368 e. The number of carbonyl (C=O) groups is 4. The lowest BCUT2D eigenvalue weighted by atomic mass is 10.1. The fraction of sp³-hybridized carbons (Fsp3) is 0.778. The number of primary amides is 1. The van der Waals surface area contributed by atoms with Gasteiger partial charge in [-0.05, 0) is 38.5 Å². The number of nitrogens with one attached hydrogen (secondary N) is 3. The van der Waals surface area contributed by atoms with E-state index < -0.39 is 29.8 Å². The van der Waals surface area contributed by atoms with Crippen LogP contribution in [-0.4, -0.2) is 61.9 Å². The van der Waals surface area contributed by atoms with Gasteiger partial charge in [0.1, 0.15) is 6.04 Å². The van der Waals surface area contributed by atoms with Gasteiger partial charge in [0, 0.05) is 13.1 Å². The number of hydrogen-bond acceptors (Lipinski definition) is 5. The first-order valence-corrected chi connectivity index (χ1v) is 10.3. The standard InChI is InChI=1S/C18H37N7O4/c19-7-3-1-5-9-23-15(26)12-14(17(22)28)25-16(27)11-13(21)18(29)24-10-6-2-4-8-20/h13-14H,1-12,19-21H2,(H2,22,28)(H,23,26)(H,24,29)(H,25,27)/p+2. The van der Waals surface area contributed by atoms with Crippen LogP contribution in [0.15, 0.2) is 0 Å². The van der Waals surface area contributed by atoms with Crippen LogP contribution < -0.4 is 38.9 Å². The van der Waals surface area contributed by atoms with Crippen molar-refractivity contribution in [2.75, 3.05) is 26.2 Å². The highest BCUT2D eigenvalue weighted by atomic mass is 16.2. The zero-order valence-corrected chi connectivity index (χ0v) is 17.3. The van der Waals surface area contributed by atoms with E-state index in [0.717, 1.165) is 51.6 Å². The summed E-state index contributed by atoms with van der Waals surface area (Å²) in [4.78, 5) is 47.5. The number of nitrogens with two attached hydrogens (primary N) is 2. The van der Waals surface area contributed by atoms with Crippen LogP contribution in [0, 0.1) is 0 Å². The first kappa shape index (κ1) is 26.8. The van der Waals surface area contributed by atoms with Gasteiger partial charge in [0.05, 0.1) is 32.0 Å². The van der Waals surface area contributed by atoms with E-state index in [1.807, 2.05) is 0 Å². The van der Waals surface area contributed by atoms with E-state index in [2.05, 4.69) is 27.4 Å². The summed E-state index contributed by atoms with van der Waals surface area (Å²) in [6.45, 7) is 2.66. The summed E-state index contributed by atoms with van der Waals surface area (Å²) in [5.41, 5.74) is 18.5. The smallest absolute Gasteiger partial charge is 0.240 e. The van der Waals surface area contributed by atoms with Crippen molar-refractivity contribution in [3.8, 4) is 0 Å². The predicted octanol–water partition coefficient (Wildman–Crippen LogP) is -3.88. The molecule has 0 saturated carbocycles. The number of rotatable bonds is 17. The molecule has 2 atom stereocenters. The van der Waals surface area contributed by atoms with Crippen molar-refractivity contribution in [2.45, 2.75) is 63.5 Å². The van der Waals surface area contributed by atoms with Gasteiger partial charge in [0.25, 0.3) is 0 Å². The third kappa shape index (κ3) is 14.4. The second-order valence-electron chi connectivity index (χ2n) is 7.01. The molecule has 0 aliphatic heterocycles. The third-order valence-electron chi connectivity index (χ3n) is 4.29. The minimum Gasteiger partial charge on any atom is -0.368 e. The Bertz CT molecular complexity index is 516. The van der Waals surface area contributed by atoms with Gasteiger partial charge in [-0.1, -0.05) is 0 Å². The molecule has 0 aliphatic carbocycles. The van der Waals surface area contributed by atoms with Crippen molar-refractivity contribution < 1.29 is 30.6 Å². The number of hydrogen-bond donors (Lipinski definition) is 7. The molecule has 0 saturated heterocycles. The fourth-order valence-corrected chi connectivity index (χ4v) is 2.55. The molecule has 0 rings (SSSR count). The Morgan fingerprint density at radius 1 is 0.759 bits per heavy atom. The average molecular weight is 418 g/mol. The van der Waals surface area contributed by atoms with Crippen molar-refractivity contribution in [2.24, 2.45) is 11.5 Å². The van der Waals surface area contributed by atoms with Crippen LogP contribution in [0.25, 0.3) is 0 Å². The molecule has 0 bridgehead atoms. The van der Waals surface area contributed by atoms with E-state index in [4.69, 9.17) is 11.5 Å². The van der Waals surface area contributed by atoms with Gasteiger partial charge >= 0.3 is 0 Å². The van der Waals surface area contributed by atoms with E-state index in [0.29, 0.717) is 13.1 Å². The molecule has 11 heteroatoms. The van der Waals surface area contributed by atoms with Crippen LogP contribution >= 0.6 is 0 Å². The Labute approximate surface area is 172 Å². The first-order valence-electron chi connectivity index (χ1n) is 10.3. The average Bonchev–Trinajstić information content (AvgIpc) is 2.66. The topological polar surface area (TPSA) is 212 Å². The van der Waals surface area contributed by atoms with Crippen LogP contribution in [0.4, 0.5) is 0 Å². The molecule has 11 nitrogen and oxygen atoms in total. The Balaban J connectivity index is 4.26. The monoisotopic (exact) mass is 417 g/mol. The maximum Gasteiger partial charge on any atom is 0.240 e. The lowest BCUT2D eigenvalue weighted by Crippen LogP contribution is -2.50. The quantitative estimate of drug-likeness (QED) is 0.118. The zero-order valence-electron chi connectivity index (χ0n) is 17.3. The van der Waals surface area contributed by atoms with Gasteiger partial charge in [-0.3, -0.25) is 19.2 Å². The van der Waals surface area contributed by atoms with Crippen LogP contribution in [-0.2, 0) is 19.2 Å². The molecule has 2 unspecified atom stereocenters. The summed E-state index contributed by atoms with van der Waals surface area (Å²) in [6, 6.07) is -2.20. The fourth-order valence-electron chi connectivity index (χ4n) is 2.55. The molecule has 0 aromatic rings. The van der Waals surface area contributed by atoms with Crippen LogP contribution in [0.5, 0.6) is 0 Å². The third-order valence-corrected chi connectivity index (χ3v) is 4.29. The summed E-state index contributed by atoms with van der Waals surface area (Å²) in [7, 11) is 0. The van der Waals surface area contributed by atoms with E-state index in [-0.39, 0.29) is 18.7 Å². The van der Waals surface area contributed by atoms with Gasteiger partial charge in [0.2, 0.25) is 23.6 Å². The Kier molecular flexibility index (Phi) is 15.4. The highest BCUT2D eigenvalue weighted by Crippen LogP contribution is 1.98. The highest BCUT2D eigenvalue weighted by Gasteiger charge is 2.24. The highest BCUT2D eigenvalue weighted by molar-refractivity contribution is 5.93. The van der Waals surface area contributed by atoms with Gasteiger partial charge in [-0.15, -0.1) is 0 Å². The van der Waals surface area contributed by atoms with Gasteiger partial charge in [-0.2, -0.15) is 0 Å². The molecule has 29 heavy (non-hydrogen) atoms. The summed E-state index contributed by atoms with van der Waals surface area (Å²) >= 11 is 0. The Morgan fingerprint density at radius 2 is 1.31 bits per heavy atom. The first-order chi connectivity index (χ1) is 13.8. The van der Waals surface area contributed by atoms with Crippen molar-refractivity contribution >= 4 is 23.6 Å². The zero-order chi connectivity index (χ0) is 22.1. The second kappa shape index (κ2) is 16.7. The van der Waals surface area contributed by atoms with Crippen LogP contribution in [0.3, 0.4) is 0 Å². The molecule has 0 heterocycles. The summed E-state index contributed by atoms with van der Waals surface area (Å²) in [5, 5.41) is 7.73. The van der Waals surface area contributed by atoms with Crippen molar-refractivity contribution in [1.29, 1.82) is 0 Å². The van der Waals surface area contributed by atoms with E-state index >= 15 is 0 Å². The van der Waals surface area contributed by atoms with Gasteiger partial charge < -0.3 is 38.9 Å². The number of quaternary nitrogens is 2. The Morgan fingerprint density at radius 3 is 1.83 bits per heavy atom. The molecule has 0 radical (unpaired) electrons. The molecule has 0 aromatic carbocycles. The predicted molar refractivity (Wildman–Crippen MR) is 108 cm³/mol. The normalized spacial score (nSPS) is 12.7. The maximum absolute atomic E-state index is 12.1. The molecule has 0 aromatic heterocycles. The number of amides is 4. The minimum atomic E-state index is -1.15. The SMILES string of the molecule is NC(=O)C(CC(=O)NCCCCC[NH3+])NC(=O)CC(N)C(=O)NCCCCC[NH3+]. The summed E-state index contributed by atoms with van der Waals surface area (Å²) in [5.74, 6) is -2.26. The van der Waals surface area contributed by atoms with E-state index in [1.54, 1.807) is 0 Å². The van der Waals surface area contributed by atoms with Crippen LogP contribution in [0.2, 0.25) is 0 Å². The molecule has 13 N–H and O–H groups in total.